The van der Waals surface area contributed by atoms with Crippen LogP contribution in [-0.4, -0.2) is 69.8 Å². The lowest BCUT2D eigenvalue weighted by molar-refractivity contribution is -0.140. The fourth-order valence-corrected chi connectivity index (χ4v) is 4.60. The van der Waals surface area contributed by atoms with Crippen molar-refractivity contribution in [2.24, 2.45) is 0 Å². The number of rotatable bonds is 18. The normalized spacial score (nSPS) is 10.5. The minimum absolute atomic E-state index is 0.170. The molecule has 3 aromatic rings. The molecule has 3 rings (SSSR count). The van der Waals surface area contributed by atoms with Crippen LogP contribution in [0.5, 0.6) is 11.5 Å². The number of esters is 2. The zero-order valence-electron chi connectivity index (χ0n) is 33.2. The number of benzene rings is 2. The number of hydrogen-bond donors (Lipinski definition) is 3. The lowest BCUT2D eigenvalue weighted by atomic mass is 9.78. The van der Waals surface area contributed by atoms with Gasteiger partial charge in [-0.2, -0.15) is 0 Å². The van der Waals surface area contributed by atoms with Crippen molar-refractivity contribution in [2.45, 2.75) is 73.9 Å². The largest absolute Gasteiger partial charge is 0.490 e. The second-order valence-electron chi connectivity index (χ2n) is 13.0. The molecule has 0 atom stereocenters. The molecule has 0 fully saturated rings. The fraction of sp³-hybridized carbons (Fsp3) is 0.385. The summed E-state index contributed by atoms with van der Waals surface area (Å²) in [6, 6.07) is 15.7. The number of carbonyl (C=O) groups excluding carboxylic acids is 5. The van der Waals surface area contributed by atoms with Crippen LogP contribution >= 0.6 is 0 Å². The van der Waals surface area contributed by atoms with Crippen LogP contribution < -0.4 is 42.5 Å². The van der Waals surface area contributed by atoms with Gasteiger partial charge < -0.3 is 34.9 Å². The van der Waals surface area contributed by atoms with E-state index in [0.717, 1.165) is 11.1 Å². The van der Waals surface area contributed by atoms with E-state index in [0.29, 0.717) is 36.3 Å². The summed E-state index contributed by atoms with van der Waals surface area (Å²) in [5.41, 5.74) is -0.265. The van der Waals surface area contributed by atoms with Crippen molar-refractivity contribution in [3.8, 4) is 11.5 Å². The first-order valence-electron chi connectivity index (χ1n) is 17.6. The maximum atomic E-state index is 12.2. The summed E-state index contributed by atoms with van der Waals surface area (Å²) in [7, 11) is 0. The van der Waals surface area contributed by atoms with Gasteiger partial charge in [0, 0.05) is 37.3 Å². The minimum atomic E-state index is -1.01. The summed E-state index contributed by atoms with van der Waals surface area (Å²) in [4.78, 5) is 92.5. The first kappa shape index (κ1) is 46.4. The second-order valence-corrected chi connectivity index (χ2v) is 13.0. The van der Waals surface area contributed by atoms with Crippen LogP contribution in [0, 0.1) is 0 Å². The van der Waals surface area contributed by atoms with Gasteiger partial charge in [-0.3, -0.25) is 14.4 Å². The molecule has 308 valence electrons. The van der Waals surface area contributed by atoms with E-state index in [4.69, 9.17) is 18.9 Å². The molecule has 0 unspecified atom stereocenters. The van der Waals surface area contributed by atoms with Crippen LogP contribution in [-0.2, 0) is 58.9 Å². The number of hydrogen-bond acceptors (Lipinski definition) is 12. The molecule has 0 aliphatic carbocycles. The Labute approximate surface area is 329 Å². The summed E-state index contributed by atoms with van der Waals surface area (Å²) >= 11 is 0. The van der Waals surface area contributed by atoms with E-state index in [2.05, 4.69) is 43.0 Å². The van der Waals surface area contributed by atoms with Gasteiger partial charge in [-0.15, -0.1) is 0 Å². The minimum Gasteiger partial charge on any atom is -0.490 e. The maximum absolute atomic E-state index is 12.2. The van der Waals surface area contributed by atoms with Crippen molar-refractivity contribution >= 4 is 29.7 Å². The van der Waals surface area contributed by atoms with Crippen LogP contribution in [0.2, 0.25) is 0 Å². The Balaban J connectivity index is 0.000000414. The number of amides is 3. The van der Waals surface area contributed by atoms with Crippen molar-refractivity contribution in [3.05, 3.63) is 115 Å². The number of carbonyl (C=O) groups is 5. The number of aromatic nitrogens is 3. The highest BCUT2D eigenvalue weighted by Crippen LogP contribution is 2.33. The Kier molecular flexibility index (Phi) is 17.9. The molecule has 0 bridgehead atoms. The predicted molar refractivity (Wildman–Crippen MR) is 208 cm³/mol. The third-order valence-corrected chi connectivity index (χ3v) is 7.86. The molecule has 57 heavy (non-hydrogen) atoms. The third kappa shape index (κ3) is 14.8. The smallest absolute Gasteiger partial charge is 0.339 e. The third-order valence-electron chi connectivity index (χ3n) is 7.86. The van der Waals surface area contributed by atoms with E-state index in [1.54, 1.807) is 13.8 Å². The number of ether oxygens (including phenoxy) is 4. The highest BCUT2D eigenvalue weighted by molar-refractivity contribution is 5.87. The van der Waals surface area contributed by atoms with Gasteiger partial charge in [0.1, 0.15) is 57.9 Å². The summed E-state index contributed by atoms with van der Waals surface area (Å²) in [5, 5.41) is 6.80. The molecule has 2 aromatic carbocycles. The lowest BCUT2D eigenvalue weighted by Gasteiger charge is -2.26. The van der Waals surface area contributed by atoms with Crippen molar-refractivity contribution in [3.63, 3.8) is 0 Å². The van der Waals surface area contributed by atoms with Crippen molar-refractivity contribution < 1.29 is 42.9 Å². The molecule has 0 saturated carbocycles. The molecule has 3 N–H and O–H groups in total. The van der Waals surface area contributed by atoms with Gasteiger partial charge in [0.25, 0.3) is 0 Å². The Morgan fingerprint density at radius 2 is 0.807 bits per heavy atom. The summed E-state index contributed by atoms with van der Waals surface area (Å²) in [6.45, 7) is 17.6. The van der Waals surface area contributed by atoms with Crippen LogP contribution in [0.1, 0.15) is 59.6 Å². The molecule has 18 heteroatoms. The average Bonchev–Trinajstić information content (AvgIpc) is 3.15. The number of nitrogens with zero attached hydrogens (tertiary/aromatic N) is 3. The van der Waals surface area contributed by atoms with E-state index in [-0.39, 0.29) is 31.8 Å². The molecule has 0 spiro atoms. The molecule has 0 aliphatic heterocycles. The van der Waals surface area contributed by atoms with Crippen LogP contribution in [0.3, 0.4) is 0 Å². The van der Waals surface area contributed by atoms with E-state index >= 15 is 0 Å². The lowest BCUT2D eigenvalue weighted by Crippen LogP contribution is -2.58. The van der Waals surface area contributed by atoms with Crippen molar-refractivity contribution in [1.29, 1.82) is 0 Å². The zero-order chi connectivity index (χ0) is 42.9. The summed E-state index contributed by atoms with van der Waals surface area (Å²) < 4.78 is 23.1. The van der Waals surface area contributed by atoms with Gasteiger partial charge in [0.2, 0.25) is 17.7 Å². The van der Waals surface area contributed by atoms with Gasteiger partial charge in [-0.1, -0.05) is 51.3 Å². The van der Waals surface area contributed by atoms with Crippen LogP contribution in [0.15, 0.2) is 87.2 Å². The maximum Gasteiger partial charge on any atom is 0.339 e. The average molecular weight is 795 g/mol. The highest BCUT2D eigenvalue weighted by Gasteiger charge is 2.23. The van der Waals surface area contributed by atoms with Gasteiger partial charge in [0.15, 0.2) is 0 Å². The molecule has 0 saturated heterocycles. The summed E-state index contributed by atoms with van der Waals surface area (Å²) in [5.74, 6) is -0.899. The van der Waals surface area contributed by atoms with Crippen LogP contribution in [0.4, 0.5) is 0 Å². The second kappa shape index (κ2) is 22.0. The predicted octanol–water partition coefficient (Wildman–Crippen LogP) is 1.46. The first-order valence-corrected chi connectivity index (χ1v) is 17.6. The Morgan fingerprint density at radius 1 is 0.526 bits per heavy atom. The van der Waals surface area contributed by atoms with Gasteiger partial charge >= 0.3 is 29.0 Å². The quantitative estimate of drug-likeness (QED) is 0.0946. The van der Waals surface area contributed by atoms with Crippen molar-refractivity contribution in [1.82, 2.24) is 29.7 Å². The molecule has 18 nitrogen and oxygen atoms in total. The Hall–Kier alpha value is -6.72. The Morgan fingerprint density at radius 3 is 1.05 bits per heavy atom. The standard InChI is InChI=1S/C27H32O6.C12H18N6O6/c1-19(2)25(28)32-17-15-30-23-11-7-21(8-12-23)27(5,6)22-9-13-24(14-10-22)31-16-18-33-26(29)20(3)4;1-7(19)13-4-16-10(22)17(5-14-8(2)20)12(24)18(11(16)23)6-15-9(3)21/h7-14H,1,3,15-18H2,2,4-6H3;4-6H2,1-3H3,(H,13,19)(H,14,20)(H,15,21). The molecule has 0 radical (unpaired) electrons. The SMILES string of the molecule is C=C(C)C(=O)OCCOc1ccc(C(C)(C)c2ccc(OCCOC(=O)C(=C)C)cc2)cc1.CC(=O)NCn1c(=O)n(CNC(C)=O)c(=O)n(CNC(C)=O)c1=O. The molecule has 0 aliphatic rings. The first-order chi connectivity index (χ1) is 26.8. The van der Waals surface area contributed by atoms with Gasteiger partial charge in [-0.05, 0) is 49.2 Å². The molecule has 1 aromatic heterocycles. The number of nitrogens with one attached hydrogen (secondary N) is 3. The molecular formula is C39H50N6O12. The molecule has 3 amide bonds. The van der Waals surface area contributed by atoms with E-state index < -0.39 is 66.7 Å². The monoisotopic (exact) mass is 794 g/mol. The molecular weight excluding hydrogens is 744 g/mol. The summed E-state index contributed by atoms with van der Waals surface area (Å²) in [6.07, 6.45) is 0. The van der Waals surface area contributed by atoms with E-state index in [1.807, 2.05) is 48.5 Å². The van der Waals surface area contributed by atoms with Crippen molar-refractivity contribution in [2.75, 3.05) is 26.4 Å². The van der Waals surface area contributed by atoms with Crippen LogP contribution in [0.25, 0.3) is 0 Å². The zero-order valence-corrected chi connectivity index (χ0v) is 33.2. The van der Waals surface area contributed by atoms with Gasteiger partial charge in [-0.25, -0.2) is 37.7 Å². The van der Waals surface area contributed by atoms with Gasteiger partial charge in [0.05, 0.1) is 0 Å². The topological polar surface area (TPSA) is 224 Å². The fourth-order valence-electron chi connectivity index (χ4n) is 4.60. The van der Waals surface area contributed by atoms with E-state index in [1.165, 1.54) is 20.8 Å². The highest BCUT2D eigenvalue weighted by atomic mass is 16.6. The van der Waals surface area contributed by atoms with E-state index in [9.17, 15) is 38.4 Å². The Bertz CT molecular complexity index is 1890. The molecule has 1 heterocycles.